The molecule has 8 heteroatoms. The lowest BCUT2D eigenvalue weighted by molar-refractivity contribution is -0.140. The summed E-state index contributed by atoms with van der Waals surface area (Å²) in [6.07, 6.45) is -3.87. The van der Waals surface area contributed by atoms with Crippen molar-refractivity contribution in [3.05, 3.63) is 65.5 Å². The number of hydrogen-bond donors (Lipinski definition) is 1. The molecule has 1 N–H and O–H groups in total. The van der Waals surface area contributed by atoms with Gasteiger partial charge in [0.2, 0.25) is 0 Å². The molecule has 1 saturated heterocycles. The number of nitrogens with one attached hydrogen (secondary N) is 1. The van der Waals surface area contributed by atoms with Crippen molar-refractivity contribution in [3.63, 3.8) is 0 Å². The summed E-state index contributed by atoms with van der Waals surface area (Å²) in [6.45, 7) is 1.63. The number of carbonyl (C=O) groups is 1. The largest absolute Gasteiger partial charge is 0.419 e. The standard InChI is InChI=1S/C20H20F4N2O2/c21-18-12-14(6-7-17(18)20(22,23)24)13-26-10-8-15(9-11-26)25-19(27)28-16-4-2-1-3-5-16/h1-7,12,15H,8-11,13H2,(H,25,27). The summed E-state index contributed by atoms with van der Waals surface area (Å²) in [5.41, 5.74) is -0.767. The van der Waals surface area contributed by atoms with Gasteiger partial charge in [0.1, 0.15) is 11.6 Å². The minimum atomic E-state index is -4.69. The van der Waals surface area contributed by atoms with Gasteiger partial charge < -0.3 is 10.1 Å². The average molecular weight is 396 g/mol. The number of piperidine rings is 1. The fourth-order valence-corrected chi connectivity index (χ4v) is 3.17. The number of rotatable bonds is 4. The minimum Gasteiger partial charge on any atom is -0.410 e. The van der Waals surface area contributed by atoms with Crippen molar-refractivity contribution >= 4 is 6.09 Å². The van der Waals surface area contributed by atoms with Crippen LogP contribution in [0.3, 0.4) is 0 Å². The van der Waals surface area contributed by atoms with E-state index < -0.39 is 23.7 Å². The van der Waals surface area contributed by atoms with Gasteiger partial charge in [-0.15, -0.1) is 0 Å². The summed E-state index contributed by atoms with van der Waals surface area (Å²) in [7, 11) is 0. The summed E-state index contributed by atoms with van der Waals surface area (Å²) >= 11 is 0. The van der Waals surface area contributed by atoms with E-state index >= 15 is 0 Å². The third kappa shape index (κ3) is 5.45. The van der Waals surface area contributed by atoms with Crippen LogP contribution in [0.4, 0.5) is 22.4 Å². The molecule has 0 saturated carbocycles. The lowest BCUT2D eigenvalue weighted by Gasteiger charge is -2.32. The molecule has 3 rings (SSSR count). The van der Waals surface area contributed by atoms with E-state index in [2.05, 4.69) is 5.32 Å². The van der Waals surface area contributed by atoms with Gasteiger partial charge in [-0.25, -0.2) is 9.18 Å². The third-order valence-corrected chi connectivity index (χ3v) is 4.61. The molecule has 1 amide bonds. The van der Waals surface area contributed by atoms with Gasteiger partial charge in [0.05, 0.1) is 5.56 Å². The first-order valence-electron chi connectivity index (χ1n) is 8.92. The predicted octanol–water partition coefficient (Wildman–Crippen LogP) is 4.60. The van der Waals surface area contributed by atoms with Crippen LogP contribution in [0.5, 0.6) is 5.75 Å². The normalized spacial score (nSPS) is 16.0. The van der Waals surface area contributed by atoms with Crippen molar-refractivity contribution in [2.45, 2.75) is 31.6 Å². The number of para-hydroxylation sites is 1. The number of alkyl halides is 3. The highest BCUT2D eigenvalue weighted by molar-refractivity contribution is 5.70. The first-order chi connectivity index (χ1) is 13.3. The van der Waals surface area contributed by atoms with Crippen LogP contribution >= 0.6 is 0 Å². The van der Waals surface area contributed by atoms with Crippen molar-refractivity contribution in [2.75, 3.05) is 13.1 Å². The van der Waals surface area contributed by atoms with Crippen molar-refractivity contribution in [1.82, 2.24) is 10.2 Å². The number of nitrogens with zero attached hydrogens (tertiary/aromatic N) is 1. The van der Waals surface area contributed by atoms with E-state index in [4.69, 9.17) is 4.74 Å². The molecule has 1 aliphatic rings. The quantitative estimate of drug-likeness (QED) is 0.769. The van der Waals surface area contributed by atoms with E-state index in [1.165, 1.54) is 6.07 Å². The Bertz CT molecular complexity index is 804. The second-order valence-corrected chi connectivity index (χ2v) is 6.71. The number of likely N-dealkylation sites (tertiary alicyclic amines) is 1. The molecule has 0 unspecified atom stereocenters. The van der Waals surface area contributed by atoms with Crippen LogP contribution in [0.15, 0.2) is 48.5 Å². The molecule has 150 valence electrons. The molecule has 4 nitrogen and oxygen atoms in total. The Balaban J connectivity index is 1.46. The molecule has 2 aromatic carbocycles. The average Bonchev–Trinajstić information content (AvgIpc) is 2.63. The molecule has 1 heterocycles. The Kier molecular flexibility index (Phi) is 6.18. The number of hydrogen-bond acceptors (Lipinski definition) is 3. The van der Waals surface area contributed by atoms with E-state index in [1.807, 2.05) is 11.0 Å². The number of ether oxygens (including phenoxy) is 1. The van der Waals surface area contributed by atoms with Gasteiger partial charge in [-0.2, -0.15) is 13.2 Å². The molecule has 1 aliphatic heterocycles. The molecule has 0 radical (unpaired) electrons. The topological polar surface area (TPSA) is 41.6 Å². The molecule has 0 spiro atoms. The Morgan fingerprint density at radius 1 is 1.11 bits per heavy atom. The minimum absolute atomic E-state index is 0.0446. The second-order valence-electron chi connectivity index (χ2n) is 6.71. The molecule has 28 heavy (non-hydrogen) atoms. The van der Waals surface area contributed by atoms with Gasteiger partial charge >= 0.3 is 12.3 Å². The first-order valence-corrected chi connectivity index (χ1v) is 8.92. The highest BCUT2D eigenvalue weighted by atomic mass is 19.4. The van der Waals surface area contributed by atoms with Crippen LogP contribution in [-0.4, -0.2) is 30.1 Å². The van der Waals surface area contributed by atoms with Gasteiger partial charge in [0.25, 0.3) is 0 Å². The number of amides is 1. The van der Waals surface area contributed by atoms with Gasteiger partial charge in [-0.05, 0) is 42.7 Å². The Labute approximate surface area is 160 Å². The molecule has 0 aromatic heterocycles. The van der Waals surface area contributed by atoms with E-state index in [-0.39, 0.29) is 6.04 Å². The van der Waals surface area contributed by atoms with E-state index in [1.54, 1.807) is 24.3 Å². The maximum Gasteiger partial charge on any atom is 0.419 e. The molecule has 2 aromatic rings. The van der Waals surface area contributed by atoms with Crippen LogP contribution in [-0.2, 0) is 12.7 Å². The van der Waals surface area contributed by atoms with E-state index in [0.717, 1.165) is 12.1 Å². The lowest BCUT2D eigenvalue weighted by Crippen LogP contribution is -2.45. The Hall–Kier alpha value is -2.61. The van der Waals surface area contributed by atoms with Crippen molar-refractivity contribution < 1.29 is 27.1 Å². The molecule has 0 atom stereocenters. The summed E-state index contributed by atoms with van der Waals surface area (Å²) in [5, 5.41) is 2.81. The Morgan fingerprint density at radius 2 is 1.79 bits per heavy atom. The van der Waals surface area contributed by atoms with Crippen molar-refractivity contribution in [1.29, 1.82) is 0 Å². The maximum atomic E-state index is 13.7. The van der Waals surface area contributed by atoms with Gasteiger partial charge in [-0.3, -0.25) is 4.90 Å². The highest BCUT2D eigenvalue weighted by Crippen LogP contribution is 2.31. The molecule has 1 fully saturated rings. The number of benzene rings is 2. The molecular weight excluding hydrogens is 376 g/mol. The smallest absolute Gasteiger partial charge is 0.410 e. The van der Waals surface area contributed by atoms with Gasteiger partial charge in [0.15, 0.2) is 0 Å². The summed E-state index contributed by atoms with van der Waals surface area (Å²) in [6, 6.07) is 11.7. The molecular formula is C20H20F4N2O2. The van der Waals surface area contributed by atoms with Crippen molar-refractivity contribution in [3.8, 4) is 5.75 Å². The molecule has 0 aliphatic carbocycles. The van der Waals surface area contributed by atoms with Crippen LogP contribution in [0.2, 0.25) is 0 Å². The van der Waals surface area contributed by atoms with Crippen molar-refractivity contribution in [2.24, 2.45) is 0 Å². The monoisotopic (exact) mass is 396 g/mol. The summed E-state index contributed by atoms with van der Waals surface area (Å²) in [4.78, 5) is 13.9. The van der Waals surface area contributed by atoms with Gasteiger partial charge in [-0.1, -0.05) is 24.3 Å². The Morgan fingerprint density at radius 3 is 2.39 bits per heavy atom. The third-order valence-electron chi connectivity index (χ3n) is 4.61. The second kappa shape index (κ2) is 8.60. The van der Waals surface area contributed by atoms with Crippen LogP contribution in [0, 0.1) is 5.82 Å². The zero-order valence-electron chi connectivity index (χ0n) is 15.0. The van der Waals surface area contributed by atoms with E-state index in [0.29, 0.717) is 43.8 Å². The predicted molar refractivity (Wildman–Crippen MR) is 95.3 cm³/mol. The first kappa shape index (κ1) is 20.1. The molecule has 0 bridgehead atoms. The summed E-state index contributed by atoms with van der Waals surface area (Å²) < 4.78 is 56.8. The fourth-order valence-electron chi connectivity index (χ4n) is 3.17. The highest BCUT2D eigenvalue weighted by Gasteiger charge is 2.34. The summed E-state index contributed by atoms with van der Waals surface area (Å²) in [5.74, 6) is -0.799. The fraction of sp³-hybridized carbons (Fsp3) is 0.350. The zero-order chi connectivity index (χ0) is 20.1. The van der Waals surface area contributed by atoms with Crippen LogP contribution in [0.25, 0.3) is 0 Å². The number of halogens is 4. The van der Waals surface area contributed by atoms with Crippen LogP contribution in [0.1, 0.15) is 24.0 Å². The lowest BCUT2D eigenvalue weighted by atomic mass is 10.0. The maximum absolute atomic E-state index is 13.7. The SMILES string of the molecule is O=C(NC1CCN(Cc2ccc(C(F)(F)F)c(F)c2)CC1)Oc1ccccc1. The van der Waals surface area contributed by atoms with E-state index in [9.17, 15) is 22.4 Å². The van der Waals surface area contributed by atoms with Crippen LogP contribution < -0.4 is 10.1 Å². The van der Waals surface area contributed by atoms with Gasteiger partial charge in [0, 0.05) is 25.7 Å². The zero-order valence-corrected chi connectivity index (χ0v) is 15.0. The number of carbonyl (C=O) groups excluding carboxylic acids is 1.